The van der Waals surface area contributed by atoms with E-state index in [0.717, 1.165) is 13.1 Å². The lowest BCUT2D eigenvalue weighted by Gasteiger charge is -2.39. The average Bonchev–Trinajstić information content (AvgIpc) is 2.18. The van der Waals surface area contributed by atoms with E-state index in [1.165, 1.54) is 0 Å². The smallest absolute Gasteiger partial charge is 0.410 e. The predicted molar refractivity (Wildman–Crippen MR) is 59.8 cm³/mol. The van der Waals surface area contributed by atoms with Crippen LogP contribution in [0.3, 0.4) is 0 Å². The Morgan fingerprint density at radius 3 is 2.80 bits per heavy atom. The number of hydrogen-bond donors (Lipinski definition) is 1. The van der Waals surface area contributed by atoms with Crippen LogP contribution in [-0.2, 0) is 4.74 Å². The van der Waals surface area contributed by atoms with E-state index in [0.29, 0.717) is 18.6 Å². The molecule has 2 atom stereocenters. The van der Waals surface area contributed by atoms with Crippen molar-refractivity contribution in [3.8, 4) is 0 Å². The molecule has 1 heterocycles. The first kappa shape index (κ1) is 12.3. The van der Waals surface area contributed by atoms with Crippen LogP contribution in [0.5, 0.6) is 0 Å². The summed E-state index contributed by atoms with van der Waals surface area (Å²) >= 11 is 0. The largest absolute Gasteiger partial charge is 0.450 e. The highest BCUT2D eigenvalue weighted by molar-refractivity contribution is 5.68. The minimum atomic E-state index is -0.183. The van der Waals surface area contributed by atoms with Crippen molar-refractivity contribution in [3.63, 3.8) is 0 Å². The third-order valence-corrected chi connectivity index (χ3v) is 2.91. The highest BCUT2D eigenvalue weighted by Gasteiger charge is 2.30. The summed E-state index contributed by atoms with van der Waals surface area (Å²) in [7, 11) is 0. The van der Waals surface area contributed by atoms with Crippen LogP contribution in [0.1, 0.15) is 27.7 Å². The molecule has 1 rings (SSSR count). The molecule has 1 aliphatic rings. The fourth-order valence-corrected chi connectivity index (χ4v) is 1.80. The van der Waals surface area contributed by atoms with Gasteiger partial charge in [-0.1, -0.05) is 13.8 Å². The third-order valence-electron chi connectivity index (χ3n) is 2.91. The first-order valence-electron chi connectivity index (χ1n) is 5.73. The van der Waals surface area contributed by atoms with Gasteiger partial charge in [0.2, 0.25) is 0 Å². The maximum absolute atomic E-state index is 11.7. The second-order valence-corrected chi connectivity index (χ2v) is 4.46. The first-order chi connectivity index (χ1) is 7.06. The van der Waals surface area contributed by atoms with Crippen LogP contribution in [0.25, 0.3) is 0 Å². The van der Waals surface area contributed by atoms with E-state index in [2.05, 4.69) is 19.2 Å². The second-order valence-electron chi connectivity index (χ2n) is 4.46. The molecule has 88 valence electrons. The van der Waals surface area contributed by atoms with E-state index in [9.17, 15) is 4.79 Å². The molecule has 1 saturated heterocycles. The van der Waals surface area contributed by atoms with E-state index in [4.69, 9.17) is 4.74 Å². The number of carbonyl (C=O) groups excluding carboxylic acids is 1. The van der Waals surface area contributed by atoms with Crippen LogP contribution in [0.2, 0.25) is 0 Å². The lowest BCUT2D eigenvalue weighted by atomic mass is 10.0. The van der Waals surface area contributed by atoms with E-state index in [-0.39, 0.29) is 12.1 Å². The number of nitrogens with one attached hydrogen (secondary N) is 1. The number of amides is 1. The maximum atomic E-state index is 11.7. The zero-order valence-corrected chi connectivity index (χ0v) is 10.1. The standard InChI is InChI=1S/C11H22N2O2/c1-5-15-11(14)13-7-10(8(2)3)12-6-9(13)4/h8-10,12H,5-7H2,1-4H3. The summed E-state index contributed by atoms with van der Waals surface area (Å²) < 4.78 is 5.04. The third kappa shape index (κ3) is 3.09. The molecule has 0 aromatic carbocycles. The summed E-state index contributed by atoms with van der Waals surface area (Å²) in [6.45, 7) is 10.3. The Morgan fingerprint density at radius 2 is 2.27 bits per heavy atom. The fourth-order valence-electron chi connectivity index (χ4n) is 1.80. The van der Waals surface area contributed by atoms with Crippen molar-refractivity contribution < 1.29 is 9.53 Å². The number of hydrogen-bond acceptors (Lipinski definition) is 3. The summed E-state index contributed by atoms with van der Waals surface area (Å²) in [5, 5.41) is 3.45. The Hall–Kier alpha value is -0.770. The minimum Gasteiger partial charge on any atom is -0.450 e. The molecule has 0 aromatic heterocycles. The molecular weight excluding hydrogens is 192 g/mol. The van der Waals surface area contributed by atoms with Gasteiger partial charge < -0.3 is 15.0 Å². The number of carbonyl (C=O) groups is 1. The lowest BCUT2D eigenvalue weighted by molar-refractivity contribution is 0.0700. The van der Waals surface area contributed by atoms with Crippen molar-refractivity contribution in [1.29, 1.82) is 0 Å². The minimum absolute atomic E-state index is 0.183. The average molecular weight is 214 g/mol. The van der Waals surface area contributed by atoms with Gasteiger partial charge in [0, 0.05) is 25.2 Å². The molecule has 2 unspecified atom stereocenters. The van der Waals surface area contributed by atoms with Crippen molar-refractivity contribution in [2.45, 2.75) is 39.8 Å². The van der Waals surface area contributed by atoms with Crippen molar-refractivity contribution >= 4 is 6.09 Å². The Labute approximate surface area is 92.0 Å². The maximum Gasteiger partial charge on any atom is 0.410 e. The Bertz CT molecular complexity index is 219. The van der Waals surface area contributed by atoms with Gasteiger partial charge in [0.25, 0.3) is 0 Å². The topological polar surface area (TPSA) is 41.6 Å². The van der Waals surface area contributed by atoms with Crippen LogP contribution < -0.4 is 5.32 Å². The highest BCUT2D eigenvalue weighted by Crippen LogP contribution is 2.13. The SMILES string of the molecule is CCOC(=O)N1CC(C(C)C)NCC1C. The summed E-state index contributed by atoms with van der Waals surface area (Å²) in [4.78, 5) is 13.5. The zero-order chi connectivity index (χ0) is 11.4. The van der Waals surface area contributed by atoms with Crippen LogP contribution in [0.15, 0.2) is 0 Å². The van der Waals surface area contributed by atoms with E-state index in [1.54, 1.807) is 0 Å². The van der Waals surface area contributed by atoms with E-state index >= 15 is 0 Å². The first-order valence-corrected chi connectivity index (χ1v) is 5.73. The van der Waals surface area contributed by atoms with Gasteiger partial charge in [-0.05, 0) is 19.8 Å². The van der Waals surface area contributed by atoms with Gasteiger partial charge >= 0.3 is 6.09 Å². The number of rotatable bonds is 2. The van der Waals surface area contributed by atoms with Crippen molar-refractivity contribution in [3.05, 3.63) is 0 Å². The van der Waals surface area contributed by atoms with E-state index in [1.807, 2.05) is 18.7 Å². The van der Waals surface area contributed by atoms with Crippen LogP contribution in [-0.4, -0.2) is 42.8 Å². The molecular formula is C11H22N2O2. The Kier molecular flexibility index (Phi) is 4.39. The second kappa shape index (κ2) is 5.35. The van der Waals surface area contributed by atoms with Crippen LogP contribution in [0, 0.1) is 5.92 Å². The monoisotopic (exact) mass is 214 g/mol. The van der Waals surface area contributed by atoms with Crippen molar-refractivity contribution in [1.82, 2.24) is 10.2 Å². The molecule has 0 saturated carbocycles. The van der Waals surface area contributed by atoms with Gasteiger partial charge in [0.15, 0.2) is 0 Å². The molecule has 4 nitrogen and oxygen atoms in total. The van der Waals surface area contributed by atoms with Gasteiger partial charge in [-0.3, -0.25) is 0 Å². The quantitative estimate of drug-likeness (QED) is 0.756. The highest BCUT2D eigenvalue weighted by atomic mass is 16.6. The number of piperazine rings is 1. The molecule has 1 aliphatic heterocycles. The van der Waals surface area contributed by atoms with Crippen molar-refractivity contribution in [2.24, 2.45) is 5.92 Å². The normalized spacial score (nSPS) is 26.9. The van der Waals surface area contributed by atoms with Gasteiger partial charge in [0.05, 0.1) is 6.61 Å². The van der Waals surface area contributed by atoms with Gasteiger partial charge in [-0.15, -0.1) is 0 Å². The van der Waals surface area contributed by atoms with Gasteiger partial charge in [-0.25, -0.2) is 4.79 Å². The lowest BCUT2D eigenvalue weighted by Crippen LogP contribution is -2.58. The molecule has 0 aliphatic carbocycles. The molecule has 15 heavy (non-hydrogen) atoms. The molecule has 0 aromatic rings. The summed E-state index contributed by atoms with van der Waals surface area (Å²) in [5.41, 5.74) is 0. The molecule has 1 fully saturated rings. The van der Waals surface area contributed by atoms with Crippen LogP contribution >= 0.6 is 0 Å². The van der Waals surface area contributed by atoms with Crippen molar-refractivity contribution in [2.75, 3.05) is 19.7 Å². The molecule has 4 heteroatoms. The Balaban J connectivity index is 2.57. The number of nitrogens with zero attached hydrogens (tertiary/aromatic N) is 1. The Morgan fingerprint density at radius 1 is 1.60 bits per heavy atom. The molecule has 0 spiro atoms. The summed E-state index contributed by atoms with van der Waals surface area (Å²) in [6, 6.07) is 0.602. The van der Waals surface area contributed by atoms with Gasteiger partial charge in [0.1, 0.15) is 0 Å². The predicted octanol–water partition coefficient (Wildman–Crippen LogP) is 1.46. The summed E-state index contributed by atoms with van der Waals surface area (Å²) in [6.07, 6.45) is -0.183. The van der Waals surface area contributed by atoms with Gasteiger partial charge in [-0.2, -0.15) is 0 Å². The fraction of sp³-hybridized carbons (Fsp3) is 0.909. The van der Waals surface area contributed by atoms with E-state index < -0.39 is 0 Å². The number of ether oxygens (including phenoxy) is 1. The van der Waals surface area contributed by atoms with Crippen LogP contribution in [0.4, 0.5) is 4.79 Å². The summed E-state index contributed by atoms with van der Waals surface area (Å²) in [5.74, 6) is 0.537. The molecule has 1 N–H and O–H groups in total. The molecule has 0 bridgehead atoms. The molecule has 0 radical (unpaired) electrons. The zero-order valence-electron chi connectivity index (χ0n) is 10.1. The molecule has 1 amide bonds.